The lowest BCUT2D eigenvalue weighted by Crippen LogP contribution is -1.97. The Morgan fingerprint density at radius 2 is 0.855 bits per heavy atom. The van der Waals surface area contributed by atoms with E-state index in [4.69, 9.17) is 9.97 Å². The highest BCUT2D eigenvalue weighted by molar-refractivity contribution is 6.22. The van der Waals surface area contributed by atoms with Gasteiger partial charge in [0, 0.05) is 33.2 Å². The third-order valence-corrected chi connectivity index (χ3v) is 11.0. The van der Waals surface area contributed by atoms with Crippen molar-refractivity contribution in [3.05, 3.63) is 200 Å². The quantitative estimate of drug-likeness (QED) is 0.167. The molecule has 0 aliphatic heterocycles. The number of hydrogen-bond acceptors (Lipinski definition) is 2. The van der Waals surface area contributed by atoms with Crippen LogP contribution in [-0.2, 0) is 0 Å². The molecule has 9 aromatic carbocycles. The van der Waals surface area contributed by atoms with Crippen molar-refractivity contribution in [3.8, 4) is 50.7 Å². The lowest BCUT2D eigenvalue weighted by Gasteiger charge is -2.12. The van der Waals surface area contributed by atoms with Gasteiger partial charge in [0.2, 0.25) is 0 Å². The number of nitrogens with zero attached hydrogens (tertiary/aromatic N) is 3. The van der Waals surface area contributed by atoms with Crippen LogP contribution in [0.25, 0.3) is 105 Å². The largest absolute Gasteiger partial charge is 0.309 e. The number of rotatable bonds is 5. The smallest absolute Gasteiger partial charge is 0.160 e. The zero-order chi connectivity index (χ0) is 36.3. The fourth-order valence-corrected chi connectivity index (χ4v) is 8.29. The third-order valence-electron chi connectivity index (χ3n) is 11.0. The highest BCUT2D eigenvalue weighted by Gasteiger charge is 2.17. The molecular formula is C52H33N3. The molecule has 11 aromatic rings. The molecule has 0 fully saturated rings. The Bertz CT molecular complexity index is 3180. The van der Waals surface area contributed by atoms with Gasteiger partial charge in [-0.25, -0.2) is 9.97 Å². The minimum absolute atomic E-state index is 0.715. The molecule has 0 saturated heterocycles. The normalized spacial score (nSPS) is 11.6. The minimum Gasteiger partial charge on any atom is -0.309 e. The number of benzene rings is 9. The Morgan fingerprint density at radius 3 is 1.65 bits per heavy atom. The molecule has 2 heterocycles. The molecule has 2 aromatic heterocycles. The number of para-hydroxylation sites is 1. The lowest BCUT2D eigenvalue weighted by atomic mass is 9.95. The van der Waals surface area contributed by atoms with Crippen molar-refractivity contribution in [1.82, 2.24) is 14.5 Å². The van der Waals surface area contributed by atoms with Gasteiger partial charge in [-0.05, 0) is 85.9 Å². The minimum atomic E-state index is 0.715. The predicted octanol–water partition coefficient (Wildman–Crippen LogP) is 13.7. The van der Waals surface area contributed by atoms with Gasteiger partial charge < -0.3 is 4.57 Å². The Morgan fingerprint density at radius 1 is 0.309 bits per heavy atom. The molecule has 0 unspecified atom stereocenters. The van der Waals surface area contributed by atoms with E-state index in [1.54, 1.807) is 0 Å². The van der Waals surface area contributed by atoms with Gasteiger partial charge >= 0.3 is 0 Å². The highest BCUT2D eigenvalue weighted by atomic mass is 15.0. The highest BCUT2D eigenvalue weighted by Crippen LogP contribution is 2.39. The van der Waals surface area contributed by atoms with E-state index in [1.165, 1.54) is 65.3 Å². The van der Waals surface area contributed by atoms with Crippen LogP contribution in [-0.4, -0.2) is 14.5 Å². The van der Waals surface area contributed by atoms with E-state index >= 15 is 0 Å². The first-order valence-corrected chi connectivity index (χ1v) is 18.7. The summed E-state index contributed by atoms with van der Waals surface area (Å²) < 4.78 is 2.40. The van der Waals surface area contributed by atoms with E-state index in [9.17, 15) is 0 Å². The average Bonchev–Trinajstić information content (AvgIpc) is 3.61. The van der Waals surface area contributed by atoms with Gasteiger partial charge in [0.25, 0.3) is 0 Å². The van der Waals surface area contributed by atoms with Gasteiger partial charge in [0.05, 0.1) is 22.4 Å². The van der Waals surface area contributed by atoms with E-state index < -0.39 is 0 Å². The summed E-state index contributed by atoms with van der Waals surface area (Å²) in [5.41, 5.74) is 10.8. The second-order valence-corrected chi connectivity index (χ2v) is 14.2. The number of aromatic nitrogens is 3. The second-order valence-electron chi connectivity index (χ2n) is 14.2. The molecule has 3 nitrogen and oxygen atoms in total. The summed E-state index contributed by atoms with van der Waals surface area (Å²) in [6, 6.07) is 71.6. The van der Waals surface area contributed by atoms with Crippen LogP contribution >= 0.6 is 0 Å². The van der Waals surface area contributed by atoms with E-state index in [-0.39, 0.29) is 0 Å². The standard InChI is InChI=1S/C52H33N3/c1-3-12-36(13-4-1)47-33-48(54-52(53-47)38-14-5-2-6-15-38)37-23-27-42(28-24-37)55-49-18-10-9-17-45(49)51-46-32-40(21-19-35(46)26-30-50(51)55)39-25-29-44-41(31-39)22-20-34-11-7-8-16-43(34)44/h1-33H. The van der Waals surface area contributed by atoms with Crippen molar-refractivity contribution in [2.24, 2.45) is 0 Å². The maximum atomic E-state index is 5.07. The SMILES string of the molecule is c1ccc(-c2cc(-c3ccc(-n4c5ccccc5c5c6cc(-c7ccc8c(ccc9ccccc98)c7)ccc6ccc54)cc3)nc(-c3ccccc3)n2)cc1. The average molecular weight is 700 g/mol. The molecule has 0 radical (unpaired) electrons. The third kappa shape index (κ3) is 5.28. The topological polar surface area (TPSA) is 30.7 Å². The van der Waals surface area contributed by atoms with Gasteiger partial charge in [-0.3, -0.25) is 0 Å². The van der Waals surface area contributed by atoms with E-state index in [0.29, 0.717) is 5.82 Å². The molecule has 0 amide bonds. The van der Waals surface area contributed by atoms with Crippen molar-refractivity contribution in [2.45, 2.75) is 0 Å². The summed E-state index contributed by atoms with van der Waals surface area (Å²) in [5.74, 6) is 0.715. The van der Waals surface area contributed by atoms with Crippen LogP contribution in [0.3, 0.4) is 0 Å². The second kappa shape index (κ2) is 12.6. The fraction of sp³-hybridized carbons (Fsp3) is 0. The van der Waals surface area contributed by atoms with E-state index in [2.05, 4.69) is 180 Å². The maximum Gasteiger partial charge on any atom is 0.160 e. The Balaban J connectivity index is 1.03. The molecular weight excluding hydrogens is 667 g/mol. The van der Waals surface area contributed by atoms with Gasteiger partial charge in [0.15, 0.2) is 5.82 Å². The van der Waals surface area contributed by atoms with Gasteiger partial charge in [-0.15, -0.1) is 0 Å². The van der Waals surface area contributed by atoms with Crippen molar-refractivity contribution in [1.29, 1.82) is 0 Å². The van der Waals surface area contributed by atoms with Crippen molar-refractivity contribution >= 4 is 54.1 Å². The molecule has 55 heavy (non-hydrogen) atoms. The van der Waals surface area contributed by atoms with Gasteiger partial charge in [-0.2, -0.15) is 0 Å². The summed E-state index contributed by atoms with van der Waals surface area (Å²) in [6.45, 7) is 0. The first kappa shape index (κ1) is 31.2. The maximum absolute atomic E-state index is 5.07. The molecule has 11 rings (SSSR count). The lowest BCUT2D eigenvalue weighted by molar-refractivity contribution is 1.17. The molecule has 0 atom stereocenters. The zero-order valence-electron chi connectivity index (χ0n) is 29.9. The summed E-state index contributed by atoms with van der Waals surface area (Å²) in [6.07, 6.45) is 0. The van der Waals surface area contributed by atoms with Crippen LogP contribution in [0.1, 0.15) is 0 Å². The van der Waals surface area contributed by atoms with Crippen molar-refractivity contribution in [2.75, 3.05) is 0 Å². The predicted molar refractivity (Wildman–Crippen MR) is 231 cm³/mol. The summed E-state index contributed by atoms with van der Waals surface area (Å²) in [4.78, 5) is 10.1. The summed E-state index contributed by atoms with van der Waals surface area (Å²) in [5, 5.41) is 10.1. The number of fused-ring (bicyclic) bond motifs is 8. The molecule has 0 N–H and O–H groups in total. The van der Waals surface area contributed by atoms with Gasteiger partial charge in [-0.1, -0.05) is 158 Å². The first-order valence-electron chi connectivity index (χ1n) is 18.7. The van der Waals surface area contributed by atoms with Crippen LogP contribution in [0.4, 0.5) is 0 Å². The first-order chi connectivity index (χ1) is 27.2. The molecule has 0 aliphatic carbocycles. The number of hydrogen-bond donors (Lipinski definition) is 0. The summed E-state index contributed by atoms with van der Waals surface area (Å²) in [7, 11) is 0. The Hall–Kier alpha value is -7.36. The Kier molecular flexibility index (Phi) is 7.17. The van der Waals surface area contributed by atoms with Crippen LogP contribution in [0.5, 0.6) is 0 Å². The van der Waals surface area contributed by atoms with Crippen LogP contribution in [0, 0.1) is 0 Å². The molecule has 0 saturated carbocycles. The monoisotopic (exact) mass is 699 g/mol. The Labute approximate surface area is 318 Å². The van der Waals surface area contributed by atoms with Crippen molar-refractivity contribution in [3.63, 3.8) is 0 Å². The van der Waals surface area contributed by atoms with Crippen molar-refractivity contribution < 1.29 is 0 Å². The van der Waals surface area contributed by atoms with Gasteiger partial charge in [0.1, 0.15) is 0 Å². The fourth-order valence-electron chi connectivity index (χ4n) is 8.29. The van der Waals surface area contributed by atoms with Crippen LogP contribution in [0.15, 0.2) is 200 Å². The molecule has 3 heteroatoms. The van der Waals surface area contributed by atoms with Crippen LogP contribution < -0.4 is 0 Å². The molecule has 256 valence electrons. The van der Waals surface area contributed by atoms with Crippen LogP contribution in [0.2, 0.25) is 0 Å². The molecule has 0 bridgehead atoms. The van der Waals surface area contributed by atoms with E-state index in [1.807, 2.05) is 24.3 Å². The molecule has 0 spiro atoms. The van der Waals surface area contributed by atoms with E-state index in [0.717, 1.165) is 33.8 Å². The summed E-state index contributed by atoms with van der Waals surface area (Å²) >= 11 is 0. The zero-order valence-corrected chi connectivity index (χ0v) is 29.9. The molecule has 0 aliphatic rings.